The van der Waals surface area contributed by atoms with Crippen molar-refractivity contribution in [2.75, 3.05) is 5.32 Å². The first-order valence-electron chi connectivity index (χ1n) is 7.11. The quantitative estimate of drug-likeness (QED) is 0.614. The summed E-state index contributed by atoms with van der Waals surface area (Å²) in [5.74, 6) is 0.426. The molecule has 0 aliphatic carbocycles. The molecule has 1 N–H and O–H groups in total. The highest BCUT2D eigenvalue weighted by atomic mass is 32.2. The Morgan fingerprint density at radius 2 is 2.05 bits per heavy atom. The summed E-state index contributed by atoms with van der Waals surface area (Å²) in [4.78, 5) is 12.1. The van der Waals surface area contributed by atoms with Gasteiger partial charge in [-0.3, -0.25) is 10.1 Å². The molecule has 0 aliphatic heterocycles. The first-order valence-corrected chi connectivity index (χ1v) is 8.80. The van der Waals surface area contributed by atoms with E-state index >= 15 is 0 Å². The average Bonchev–Trinajstić information content (AvgIpc) is 2.95. The van der Waals surface area contributed by atoms with E-state index in [1.807, 2.05) is 30.3 Å². The molecule has 2 atom stereocenters. The molecular formula is C15H19N3O2S2. The van der Waals surface area contributed by atoms with Crippen LogP contribution < -0.4 is 10.1 Å². The molecule has 2 unspecified atom stereocenters. The zero-order valence-corrected chi connectivity index (χ0v) is 14.4. The van der Waals surface area contributed by atoms with Crippen LogP contribution in [0, 0.1) is 0 Å². The van der Waals surface area contributed by atoms with Gasteiger partial charge in [-0.15, -0.1) is 10.2 Å². The Morgan fingerprint density at radius 1 is 1.32 bits per heavy atom. The monoisotopic (exact) mass is 337 g/mol. The molecule has 1 aromatic heterocycles. The summed E-state index contributed by atoms with van der Waals surface area (Å²) in [7, 11) is 0. The summed E-state index contributed by atoms with van der Waals surface area (Å²) in [6.45, 7) is 5.97. The third-order valence-electron chi connectivity index (χ3n) is 2.94. The molecule has 22 heavy (non-hydrogen) atoms. The third kappa shape index (κ3) is 4.99. The van der Waals surface area contributed by atoms with Crippen molar-refractivity contribution >= 4 is 34.1 Å². The van der Waals surface area contributed by atoms with E-state index in [4.69, 9.17) is 4.74 Å². The van der Waals surface area contributed by atoms with Gasteiger partial charge >= 0.3 is 0 Å². The lowest BCUT2D eigenvalue weighted by atomic mass is 10.3. The van der Waals surface area contributed by atoms with Crippen molar-refractivity contribution in [3.8, 4) is 5.75 Å². The minimum Gasteiger partial charge on any atom is -0.481 e. The number of thioether (sulfide) groups is 1. The van der Waals surface area contributed by atoms with Crippen LogP contribution in [0.5, 0.6) is 5.75 Å². The van der Waals surface area contributed by atoms with Gasteiger partial charge in [0.05, 0.1) is 0 Å². The highest BCUT2D eigenvalue weighted by Crippen LogP contribution is 2.30. The van der Waals surface area contributed by atoms with Crippen molar-refractivity contribution in [2.24, 2.45) is 0 Å². The van der Waals surface area contributed by atoms with Gasteiger partial charge in [0.2, 0.25) is 5.13 Å². The maximum atomic E-state index is 12.1. The van der Waals surface area contributed by atoms with Crippen molar-refractivity contribution < 1.29 is 9.53 Å². The molecule has 2 aromatic rings. The number of amides is 1. The van der Waals surface area contributed by atoms with Crippen LogP contribution in [-0.2, 0) is 4.79 Å². The fraction of sp³-hybridized carbons (Fsp3) is 0.400. The Balaban J connectivity index is 1.88. The Hall–Kier alpha value is -1.60. The summed E-state index contributed by atoms with van der Waals surface area (Å²) >= 11 is 3.05. The van der Waals surface area contributed by atoms with E-state index in [-0.39, 0.29) is 5.91 Å². The number of nitrogens with zero attached hydrogens (tertiary/aromatic N) is 2. The lowest BCUT2D eigenvalue weighted by Gasteiger charge is -2.13. The normalized spacial score (nSPS) is 13.4. The predicted octanol–water partition coefficient (Wildman–Crippen LogP) is 3.83. The Morgan fingerprint density at radius 3 is 2.73 bits per heavy atom. The number of carbonyl (C=O) groups is 1. The van der Waals surface area contributed by atoms with Crippen LogP contribution >= 0.6 is 23.1 Å². The fourth-order valence-electron chi connectivity index (χ4n) is 1.53. The molecule has 2 rings (SSSR count). The average molecular weight is 337 g/mol. The largest absolute Gasteiger partial charge is 0.481 e. The summed E-state index contributed by atoms with van der Waals surface area (Å²) in [6.07, 6.45) is 0.463. The van der Waals surface area contributed by atoms with Crippen molar-refractivity contribution in [2.45, 2.75) is 42.9 Å². The maximum absolute atomic E-state index is 12.1. The molecule has 0 aliphatic rings. The van der Waals surface area contributed by atoms with Gasteiger partial charge in [0.25, 0.3) is 5.91 Å². The van der Waals surface area contributed by atoms with Crippen LogP contribution in [0.2, 0.25) is 0 Å². The summed E-state index contributed by atoms with van der Waals surface area (Å²) in [6, 6.07) is 9.26. The van der Waals surface area contributed by atoms with Gasteiger partial charge in [-0.05, 0) is 25.5 Å². The van der Waals surface area contributed by atoms with E-state index in [0.29, 0.717) is 16.1 Å². The van der Waals surface area contributed by atoms with E-state index < -0.39 is 6.10 Å². The van der Waals surface area contributed by atoms with Gasteiger partial charge in [0, 0.05) is 5.25 Å². The molecule has 5 nitrogen and oxygen atoms in total. The zero-order chi connectivity index (χ0) is 15.9. The number of hydrogen-bond donors (Lipinski definition) is 1. The topological polar surface area (TPSA) is 64.1 Å². The van der Waals surface area contributed by atoms with Crippen LogP contribution in [0.15, 0.2) is 34.7 Å². The summed E-state index contributed by atoms with van der Waals surface area (Å²) < 4.78 is 6.44. The highest BCUT2D eigenvalue weighted by molar-refractivity contribution is 8.01. The van der Waals surface area contributed by atoms with E-state index in [2.05, 4.69) is 29.4 Å². The van der Waals surface area contributed by atoms with Crippen molar-refractivity contribution in [1.82, 2.24) is 10.2 Å². The second kappa shape index (κ2) is 8.14. The Bertz CT molecular complexity index is 604. The molecule has 1 aromatic carbocycles. The van der Waals surface area contributed by atoms with Gasteiger partial charge < -0.3 is 4.74 Å². The summed E-state index contributed by atoms with van der Waals surface area (Å²) in [5, 5.41) is 11.8. The number of hydrogen-bond acceptors (Lipinski definition) is 6. The van der Waals surface area contributed by atoms with E-state index in [1.54, 1.807) is 18.7 Å². The minimum absolute atomic E-state index is 0.236. The number of para-hydroxylation sites is 1. The van der Waals surface area contributed by atoms with E-state index in [9.17, 15) is 4.79 Å². The number of ether oxygens (including phenoxy) is 1. The zero-order valence-electron chi connectivity index (χ0n) is 12.8. The molecule has 0 bridgehead atoms. The second-order valence-corrected chi connectivity index (χ2v) is 7.44. The first kappa shape index (κ1) is 16.8. The number of anilines is 1. The number of benzene rings is 1. The molecule has 1 heterocycles. The van der Waals surface area contributed by atoms with Gasteiger partial charge in [0.1, 0.15) is 5.75 Å². The lowest BCUT2D eigenvalue weighted by Crippen LogP contribution is -2.30. The van der Waals surface area contributed by atoms with Crippen molar-refractivity contribution in [1.29, 1.82) is 0 Å². The van der Waals surface area contributed by atoms with Gasteiger partial charge in [-0.1, -0.05) is 55.1 Å². The van der Waals surface area contributed by atoms with Crippen LogP contribution in [-0.4, -0.2) is 27.5 Å². The smallest absolute Gasteiger partial charge is 0.266 e. The van der Waals surface area contributed by atoms with Crippen LogP contribution in [0.3, 0.4) is 0 Å². The molecule has 7 heteroatoms. The molecule has 0 fully saturated rings. The highest BCUT2D eigenvalue weighted by Gasteiger charge is 2.17. The Kier molecular flexibility index (Phi) is 6.21. The molecule has 1 amide bonds. The molecule has 0 saturated heterocycles. The van der Waals surface area contributed by atoms with Crippen molar-refractivity contribution in [3.05, 3.63) is 30.3 Å². The predicted molar refractivity (Wildman–Crippen MR) is 90.7 cm³/mol. The number of aromatic nitrogens is 2. The van der Waals surface area contributed by atoms with Gasteiger partial charge in [-0.25, -0.2) is 0 Å². The maximum Gasteiger partial charge on any atom is 0.266 e. The minimum atomic E-state index is -0.600. The number of nitrogens with one attached hydrogen (secondary N) is 1. The standard InChI is InChI=1S/C15H19N3O2S2/c1-4-10(2)21-15-18-17-14(22-15)16-13(19)11(3)20-12-8-6-5-7-9-12/h5-11H,4H2,1-3H3,(H,16,17,19). The molecule has 118 valence electrons. The van der Waals surface area contributed by atoms with E-state index in [0.717, 1.165) is 10.8 Å². The molecule has 0 spiro atoms. The van der Waals surface area contributed by atoms with Gasteiger partial charge in [0.15, 0.2) is 10.4 Å². The van der Waals surface area contributed by atoms with Crippen LogP contribution in [0.4, 0.5) is 5.13 Å². The summed E-state index contributed by atoms with van der Waals surface area (Å²) in [5.41, 5.74) is 0. The fourth-order valence-corrected chi connectivity index (χ4v) is 3.53. The van der Waals surface area contributed by atoms with E-state index in [1.165, 1.54) is 11.3 Å². The first-order chi connectivity index (χ1) is 10.6. The third-order valence-corrected chi connectivity index (χ3v) is 5.13. The lowest BCUT2D eigenvalue weighted by molar-refractivity contribution is -0.122. The number of rotatable bonds is 7. The van der Waals surface area contributed by atoms with Crippen LogP contribution in [0.1, 0.15) is 27.2 Å². The molecule has 0 radical (unpaired) electrons. The Labute approximate surface area is 138 Å². The second-order valence-electron chi connectivity index (χ2n) is 4.77. The SMILES string of the molecule is CCC(C)Sc1nnc(NC(=O)C(C)Oc2ccccc2)s1. The van der Waals surface area contributed by atoms with Crippen LogP contribution in [0.25, 0.3) is 0 Å². The van der Waals surface area contributed by atoms with Crippen molar-refractivity contribution in [3.63, 3.8) is 0 Å². The number of carbonyl (C=O) groups excluding carboxylic acids is 1. The molecule has 0 saturated carbocycles. The van der Waals surface area contributed by atoms with Gasteiger partial charge in [-0.2, -0.15) is 0 Å². The molecular weight excluding hydrogens is 318 g/mol.